The molecule has 0 unspecified atom stereocenters. The molecule has 0 aliphatic carbocycles. The van der Waals surface area contributed by atoms with Gasteiger partial charge in [-0.15, -0.1) is 0 Å². The lowest BCUT2D eigenvalue weighted by molar-refractivity contribution is 0.263. The number of hydrogen-bond donors (Lipinski definition) is 0. The van der Waals surface area contributed by atoms with Crippen LogP contribution in [0.25, 0.3) is 0 Å². The summed E-state index contributed by atoms with van der Waals surface area (Å²) < 4.78 is 5.67. The topological polar surface area (TPSA) is 12.5 Å². The van der Waals surface area contributed by atoms with Gasteiger partial charge in [-0.25, -0.2) is 0 Å². The highest BCUT2D eigenvalue weighted by Crippen LogP contribution is 2.12. The summed E-state index contributed by atoms with van der Waals surface area (Å²) in [7, 11) is 0. The second-order valence-corrected chi connectivity index (χ2v) is 4.39. The predicted molar refractivity (Wildman–Crippen MR) is 66.7 cm³/mol. The lowest BCUT2D eigenvalue weighted by Gasteiger charge is -2.14. The van der Waals surface area contributed by atoms with Crippen molar-refractivity contribution in [3.63, 3.8) is 0 Å². The van der Waals surface area contributed by atoms with Gasteiger partial charge in [0, 0.05) is 6.54 Å². The van der Waals surface area contributed by atoms with E-state index in [1.54, 1.807) is 0 Å². The highest BCUT2D eigenvalue weighted by Gasteiger charge is 2.10. The molecule has 1 radical (unpaired) electrons. The van der Waals surface area contributed by atoms with Crippen LogP contribution in [0.4, 0.5) is 0 Å². The summed E-state index contributed by atoms with van der Waals surface area (Å²) in [5.41, 5.74) is 1.03. The van der Waals surface area contributed by atoms with Crippen molar-refractivity contribution in [2.24, 2.45) is 0 Å². The van der Waals surface area contributed by atoms with Gasteiger partial charge in [0.1, 0.15) is 5.75 Å². The third kappa shape index (κ3) is 3.53. The van der Waals surface area contributed by atoms with Crippen LogP contribution in [0.3, 0.4) is 0 Å². The summed E-state index contributed by atoms with van der Waals surface area (Å²) in [4.78, 5) is 2.52. The van der Waals surface area contributed by atoms with Crippen molar-refractivity contribution in [3.05, 3.63) is 36.8 Å². The summed E-state index contributed by atoms with van der Waals surface area (Å²) >= 11 is 0. The lowest BCUT2D eigenvalue weighted by Crippen LogP contribution is -2.21. The fourth-order valence-electron chi connectivity index (χ4n) is 2.07. The van der Waals surface area contributed by atoms with Gasteiger partial charge in [-0.1, -0.05) is 12.1 Å². The van der Waals surface area contributed by atoms with Crippen LogP contribution in [-0.4, -0.2) is 31.1 Å². The lowest BCUT2D eigenvalue weighted by atomic mass is 10.2. The molecule has 1 heterocycles. The zero-order valence-electron chi connectivity index (χ0n) is 9.82. The number of hydrogen-bond acceptors (Lipinski definition) is 2. The number of likely N-dealkylation sites (tertiary alicyclic amines) is 1. The third-order valence-electron chi connectivity index (χ3n) is 3.01. The Kier molecular flexibility index (Phi) is 4.23. The first-order valence-electron chi connectivity index (χ1n) is 6.12. The van der Waals surface area contributed by atoms with E-state index in [9.17, 15) is 0 Å². The van der Waals surface area contributed by atoms with Crippen LogP contribution in [-0.2, 0) is 0 Å². The van der Waals surface area contributed by atoms with E-state index in [0.29, 0.717) is 0 Å². The van der Waals surface area contributed by atoms with Crippen molar-refractivity contribution in [1.29, 1.82) is 0 Å². The average Bonchev–Trinajstić information content (AvgIpc) is 2.80. The van der Waals surface area contributed by atoms with Crippen molar-refractivity contribution in [2.75, 3.05) is 26.2 Å². The normalized spacial score (nSPS) is 16.6. The van der Waals surface area contributed by atoms with E-state index >= 15 is 0 Å². The number of benzene rings is 1. The molecule has 0 bridgehead atoms. The van der Waals surface area contributed by atoms with Crippen LogP contribution >= 0.6 is 0 Å². The molecule has 0 spiro atoms. The molecule has 87 valence electrons. The fraction of sp³-hybridized carbons (Fsp3) is 0.500. The van der Waals surface area contributed by atoms with E-state index in [4.69, 9.17) is 4.74 Å². The molecule has 0 saturated carbocycles. The Labute approximate surface area is 98.2 Å². The molecule has 1 aromatic rings. The highest BCUT2D eigenvalue weighted by atomic mass is 16.5. The Bertz CT molecular complexity index is 301. The van der Waals surface area contributed by atoms with Crippen LogP contribution in [0.2, 0.25) is 0 Å². The molecular weight excluding hydrogens is 198 g/mol. The van der Waals surface area contributed by atoms with E-state index in [1.165, 1.54) is 32.5 Å². The Morgan fingerprint density at radius 1 is 1.12 bits per heavy atom. The second kappa shape index (κ2) is 5.90. The van der Waals surface area contributed by atoms with Crippen molar-refractivity contribution in [3.8, 4) is 5.75 Å². The SMILES string of the molecule is [CH2]c1ccc(OCCCN2CCCC2)cc1. The number of ether oxygens (including phenoxy) is 1. The molecule has 0 amide bonds. The predicted octanol–water partition coefficient (Wildman–Crippen LogP) is 2.73. The van der Waals surface area contributed by atoms with E-state index in [0.717, 1.165) is 24.3 Å². The van der Waals surface area contributed by atoms with Gasteiger partial charge in [0.25, 0.3) is 0 Å². The molecule has 16 heavy (non-hydrogen) atoms. The smallest absolute Gasteiger partial charge is 0.119 e. The van der Waals surface area contributed by atoms with Crippen LogP contribution in [0.1, 0.15) is 24.8 Å². The average molecular weight is 218 g/mol. The summed E-state index contributed by atoms with van der Waals surface area (Å²) in [6.07, 6.45) is 3.85. The van der Waals surface area contributed by atoms with Gasteiger partial charge in [0.15, 0.2) is 0 Å². The quantitative estimate of drug-likeness (QED) is 0.705. The Balaban J connectivity index is 1.62. The largest absolute Gasteiger partial charge is 0.494 e. The zero-order chi connectivity index (χ0) is 11.2. The molecule has 1 aromatic carbocycles. The second-order valence-electron chi connectivity index (χ2n) is 4.39. The van der Waals surface area contributed by atoms with E-state index in [2.05, 4.69) is 11.8 Å². The van der Waals surface area contributed by atoms with Crippen molar-refractivity contribution < 1.29 is 4.74 Å². The molecule has 1 saturated heterocycles. The molecular formula is C14H20NO. The molecule has 2 heteroatoms. The van der Waals surface area contributed by atoms with Gasteiger partial charge in [-0.05, 0) is 57.0 Å². The first-order chi connectivity index (χ1) is 7.84. The maximum absolute atomic E-state index is 5.67. The standard InChI is InChI=1S/C14H20NO/c1-13-5-7-14(8-6-13)16-12-4-11-15-9-2-3-10-15/h5-8H,1-4,9-12H2. The Morgan fingerprint density at radius 3 is 2.50 bits per heavy atom. The van der Waals surface area contributed by atoms with E-state index in [1.807, 2.05) is 24.3 Å². The zero-order valence-corrected chi connectivity index (χ0v) is 9.82. The summed E-state index contributed by atoms with van der Waals surface area (Å²) in [5, 5.41) is 0. The van der Waals surface area contributed by atoms with Gasteiger partial charge in [-0.2, -0.15) is 0 Å². The van der Waals surface area contributed by atoms with Crippen molar-refractivity contribution >= 4 is 0 Å². The summed E-state index contributed by atoms with van der Waals surface area (Å²) in [5.74, 6) is 0.953. The first kappa shape index (κ1) is 11.5. The van der Waals surface area contributed by atoms with Gasteiger partial charge in [-0.3, -0.25) is 0 Å². The monoisotopic (exact) mass is 218 g/mol. The van der Waals surface area contributed by atoms with E-state index < -0.39 is 0 Å². The van der Waals surface area contributed by atoms with Crippen LogP contribution in [0, 0.1) is 6.92 Å². The van der Waals surface area contributed by atoms with Crippen molar-refractivity contribution in [1.82, 2.24) is 4.90 Å². The van der Waals surface area contributed by atoms with Crippen LogP contribution < -0.4 is 4.74 Å². The van der Waals surface area contributed by atoms with E-state index in [-0.39, 0.29) is 0 Å². The minimum absolute atomic E-state index is 0.812. The van der Waals surface area contributed by atoms with Gasteiger partial charge < -0.3 is 9.64 Å². The fourth-order valence-corrected chi connectivity index (χ4v) is 2.07. The molecule has 2 rings (SSSR count). The number of rotatable bonds is 5. The highest BCUT2D eigenvalue weighted by molar-refractivity contribution is 5.28. The Morgan fingerprint density at radius 2 is 1.81 bits per heavy atom. The van der Waals surface area contributed by atoms with Crippen molar-refractivity contribution in [2.45, 2.75) is 19.3 Å². The molecule has 1 aliphatic heterocycles. The molecule has 0 N–H and O–H groups in total. The van der Waals surface area contributed by atoms with Gasteiger partial charge in [0.2, 0.25) is 0 Å². The summed E-state index contributed by atoms with van der Waals surface area (Å²) in [6, 6.07) is 7.93. The maximum Gasteiger partial charge on any atom is 0.119 e. The summed E-state index contributed by atoms with van der Waals surface area (Å²) in [6.45, 7) is 8.38. The molecule has 1 fully saturated rings. The Hall–Kier alpha value is -1.02. The minimum Gasteiger partial charge on any atom is -0.494 e. The molecule has 0 atom stereocenters. The third-order valence-corrected chi connectivity index (χ3v) is 3.01. The van der Waals surface area contributed by atoms with Crippen LogP contribution in [0.15, 0.2) is 24.3 Å². The number of nitrogens with zero attached hydrogens (tertiary/aromatic N) is 1. The minimum atomic E-state index is 0.812. The van der Waals surface area contributed by atoms with Crippen LogP contribution in [0.5, 0.6) is 5.75 Å². The maximum atomic E-state index is 5.67. The molecule has 0 aromatic heterocycles. The molecule has 1 aliphatic rings. The van der Waals surface area contributed by atoms with Gasteiger partial charge in [0.05, 0.1) is 6.61 Å². The molecule has 2 nitrogen and oxygen atoms in total. The van der Waals surface area contributed by atoms with Gasteiger partial charge >= 0.3 is 0 Å². The first-order valence-corrected chi connectivity index (χ1v) is 6.12.